The maximum atomic E-state index is 10.9. The smallest absolute Gasteiger partial charge is 0.330 e. The summed E-state index contributed by atoms with van der Waals surface area (Å²) in [6.45, 7) is 5.46. The number of esters is 1. The van der Waals surface area contributed by atoms with E-state index in [1.165, 1.54) is 6.08 Å². The highest BCUT2D eigenvalue weighted by Gasteiger charge is 1.94. The minimum Gasteiger partial charge on any atom is -0.463 e. The zero-order chi connectivity index (χ0) is 11.5. The Hall–Kier alpha value is -0.870. The average molecular weight is 215 g/mol. The monoisotopic (exact) mass is 215 g/mol. The van der Waals surface area contributed by atoms with Gasteiger partial charge in [-0.1, -0.05) is 6.08 Å². The van der Waals surface area contributed by atoms with Crippen molar-refractivity contribution in [2.45, 2.75) is 32.8 Å². The number of nitrogens with one attached hydrogen (secondary N) is 1. The molecular weight excluding hydrogens is 194 g/mol. The summed E-state index contributed by atoms with van der Waals surface area (Å²) in [5, 5.41) is 12.1. The van der Waals surface area contributed by atoms with Gasteiger partial charge in [0.2, 0.25) is 0 Å². The minimum atomic E-state index is -0.303. The van der Waals surface area contributed by atoms with E-state index >= 15 is 0 Å². The van der Waals surface area contributed by atoms with Gasteiger partial charge in [0.1, 0.15) is 0 Å². The van der Waals surface area contributed by atoms with Gasteiger partial charge in [0.05, 0.1) is 12.7 Å². The van der Waals surface area contributed by atoms with Crippen LogP contribution in [0.4, 0.5) is 0 Å². The Balaban J connectivity index is 3.26. The summed E-state index contributed by atoms with van der Waals surface area (Å²) in [7, 11) is 0. The third kappa shape index (κ3) is 11.1. The van der Waals surface area contributed by atoms with Gasteiger partial charge < -0.3 is 15.2 Å². The molecule has 2 N–H and O–H groups in total. The van der Waals surface area contributed by atoms with E-state index in [0.717, 1.165) is 19.4 Å². The van der Waals surface area contributed by atoms with Gasteiger partial charge >= 0.3 is 5.97 Å². The molecule has 4 heteroatoms. The van der Waals surface area contributed by atoms with Crippen LogP contribution < -0.4 is 5.32 Å². The maximum Gasteiger partial charge on any atom is 0.330 e. The van der Waals surface area contributed by atoms with Crippen molar-refractivity contribution in [1.29, 1.82) is 0 Å². The number of carbonyl (C=O) groups is 1. The third-order valence-electron chi connectivity index (χ3n) is 1.78. The Kier molecular flexibility index (Phi) is 9.11. The fraction of sp³-hybridized carbons (Fsp3) is 0.727. The number of hydrogen-bond donors (Lipinski definition) is 2. The van der Waals surface area contributed by atoms with Crippen LogP contribution in [0.5, 0.6) is 0 Å². The predicted molar refractivity (Wildman–Crippen MR) is 59.6 cm³/mol. The van der Waals surface area contributed by atoms with Crippen molar-refractivity contribution in [3.05, 3.63) is 12.2 Å². The quantitative estimate of drug-likeness (QED) is 0.358. The number of carbonyl (C=O) groups excluding carboxylic acids is 1. The van der Waals surface area contributed by atoms with Crippen molar-refractivity contribution < 1.29 is 14.6 Å². The van der Waals surface area contributed by atoms with Crippen molar-refractivity contribution in [1.82, 2.24) is 5.32 Å². The number of ether oxygens (including phenoxy) is 1. The first-order chi connectivity index (χ1) is 7.16. The zero-order valence-electron chi connectivity index (χ0n) is 9.53. The molecule has 88 valence electrons. The molecule has 0 spiro atoms. The minimum absolute atomic E-state index is 0.234. The largest absolute Gasteiger partial charge is 0.463 e. The summed E-state index contributed by atoms with van der Waals surface area (Å²) >= 11 is 0. The summed E-state index contributed by atoms with van der Waals surface area (Å²) in [6.07, 6.45) is 4.66. The van der Waals surface area contributed by atoms with Gasteiger partial charge in [-0.2, -0.15) is 0 Å². The number of aliphatic hydroxyl groups is 1. The first-order valence-corrected chi connectivity index (χ1v) is 5.39. The van der Waals surface area contributed by atoms with E-state index in [1.54, 1.807) is 19.9 Å². The third-order valence-corrected chi connectivity index (χ3v) is 1.78. The Bertz CT molecular complexity index is 190. The standard InChI is InChI=1S/C11H21NO3/c1-3-15-11(14)7-5-9-12-8-4-6-10(2)13/h5,7,10,12-13H,3-4,6,8-9H2,1-2H3/b7-5+. The van der Waals surface area contributed by atoms with Gasteiger partial charge in [0, 0.05) is 12.6 Å². The lowest BCUT2D eigenvalue weighted by Gasteiger charge is -2.03. The summed E-state index contributed by atoms with van der Waals surface area (Å²) in [6, 6.07) is 0. The van der Waals surface area contributed by atoms with Gasteiger partial charge in [-0.3, -0.25) is 0 Å². The van der Waals surface area contributed by atoms with Crippen molar-refractivity contribution >= 4 is 5.97 Å². The summed E-state index contributed by atoms with van der Waals surface area (Å²) in [5.74, 6) is -0.303. The first kappa shape index (κ1) is 14.1. The molecule has 4 nitrogen and oxygen atoms in total. The van der Waals surface area contributed by atoms with Gasteiger partial charge in [0.25, 0.3) is 0 Å². The van der Waals surface area contributed by atoms with Crippen LogP contribution in [0.25, 0.3) is 0 Å². The van der Waals surface area contributed by atoms with Crippen molar-refractivity contribution in [2.75, 3.05) is 19.7 Å². The summed E-state index contributed by atoms with van der Waals surface area (Å²) < 4.78 is 4.71. The van der Waals surface area contributed by atoms with Crippen LogP contribution in [0.3, 0.4) is 0 Å². The number of hydrogen-bond acceptors (Lipinski definition) is 4. The van der Waals surface area contributed by atoms with Crippen LogP contribution in [0, 0.1) is 0 Å². The molecule has 0 saturated heterocycles. The van der Waals surface area contributed by atoms with E-state index in [-0.39, 0.29) is 12.1 Å². The molecule has 0 bridgehead atoms. The fourth-order valence-electron chi connectivity index (χ4n) is 1.05. The molecule has 0 aliphatic rings. The molecule has 0 aliphatic carbocycles. The van der Waals surface area contributed by atoms with E-state index in [0.29, 0.717) is 13.2 Å². The molecule has 0 aliphatic heterocycles. The fourth-order valence-corrected chi connectivity index (χ4v) is 1.05. The molecule has 1 atom stereocenters. The second kappa shape index (κ2) is 9.68. The van der Waals surface area contributed by atoms with E-state index < -0.39 is 0 Å². The Labute approximate surface area is 91.3 Å². The lowest BCUT2D eigenvalue weighted by Crippen LogP contribution is -2.16. The molecule has 0 radical (unpaired) electrons. The van der Waals surface area contributed by atoms with Gasteiger partial charge in [0.15, 0.2) is 0 Å². The number of aliphatic hydroxyl groups excluding tert-OH is 1. The number of rotatable bonds is 8. The van der Waals surface area contributed by atoms with Gasteiger partial charge in [-0.25, -0.2) is 4.79 Å². The van der Waals surface area contributed by atoms with Crippen LogP contribution in [0.1, 0.15) is 26.7 Å². The molecule has 0 aromatic carbocycles. The average Bonchev–Trinajstić information content (AvgIpc) is 2.16. The van der Waals surface area contributed by atoms with E-state index in [1.807, 2.05) is 0 Å². The first-order valence-electron chi connectivity index (χ1n) is 5.39. The molecule has 0 rings (SSSR count). The summed E-state index contributed by atoms with van der Waals surface area (Å²) in [4.78, 5) is 10.9. The van der Waals surface area contributed by atoms with Gasteiger partial charge in [-0.05, 0) is 33.2 Å². The molecule has 1 unspecified atom stereocenters. The highest BCUT2D eigenvalue weighted by atomic mass is 16.5. The molecule has 0 heterocycles. The normalized spacial score (nSPS) is 13.0. The Morgan fingerprint density at radius 3 is 2.93 bits per heavy atom. The zero-order valence-corrected chi connectivity index (χ0v) is 9.53. The molecular formula is C11H21NO3. The lowest BCUT2D eigenvalue weighted by atomic mass is 10.2. The molecule has 0 aromatic rings. The second-order valence-corrected chi connectivity index (χ2v) is 3.35. The van der Waals surface area contributed by atoms with Crippen LogP contribution in [0.2, 0.25) is 0 Å². The maximum absolute atomic E-state index is 10.9. The molecule has 0 fully saturated rings. The Morgan fingerprint density at radius 2 is 2.33 bits per heavy atom. The lowest BCUT2D eigenvalue weighted by molar-refractivity contribution is -0.137. The van der Waals surface area contributed by atoms with Crippen LogP contribution in [-0.4, -0.2) is 36.9 Å². The highest BCUT2D eigenvalue weighted by Crippen LogP contribution is 1.93. The van der Waals surface area contributed by atoms with Crippen molar-refractivity contribution in [3.8, 4) is 0 Å². The van der Waals surface area contributed by atoms with Crippen LogP contribution in [-0.2, 0) is 9.53 Å². The van der Waals surface area contributed by atoms with Crippen LogP contribution in [0.15, 0.2) is 12.2 Å². The second-order valence-electron chi connectivity index (χ2n) is 3.35. The van der Waals surface area contributed by atoms with E-state index in [4.69, 9.17) is 9.84 Å². The van der Waals surface area contributed by atoms with Crippen molar-refractivity contribution in [2.24, 2.45) is 0 Å². The van der Waals surface area contributed by atoms with Crippen LogP contribution >= 0.6 is 0 Å². The molecule has 0 amide bonds. The Morgan fingerprint density at radius 1 is 1.60 bits per heavy atom. The van der Waals surface area contributed by atoms with Gasteiger partial charge in [-0.15, -0.1) is 0 Å². The SMILES string of the molecule is CCOC(=O)/C=C/CNCCCC(C)O. The topological polar surface area (TPSA) is 58.6 Å². The highest BCUT2D eigenvalue weighted by molar-refractivity contribution is 5.81. The predicted octanol–water partition coefficient (Wildman–Crippen LogP) is 0.856. The van der Waals surface area contributed by atoms with E-state index in [9.17, 15) is 4.79 Å². The summed E-state index contributed by atoms with van der Waals surface area (Å²) in [5.41, 5.74) is 0. The molecule has 0 saturated carbocycles. The van der Waals surface area contributed by atoms with Crippen molar-refractivity contribution in [3.63, 3.8) is 0 Å². The van der Waals surface area contributed by atoms with E-state index in [2.05, 4.69) is 5.32 Å². The molecule has 15 heavy (non-hydrogen) atoms. The molecule has 0 aromatic heterocycles.